The molecule has 0 aliphatic heterocycles. The average Bonchev–Trinajstić information content (AvgIpc) is 2.72. The van der Waals surface area contributed by atoms with Gasteiger partial charge in [0.2, 0.25) is 15.9 Å². The summed E-state index contributed by atoms with van der Waals surface area (Å²) >= 11 is 0. The second-order valence-electron chi connectivity index (χ2n) is 7.73. The summed E-state index contributed by atoms with van der Waals surface area (Å²) in [5, 5.41) is 15.4. The number of aliphatic hydroxyl groups is 1. The van der Waals surface area contributed by atoms with Gasteiger partial charge >= 0.3 is 0 Å². The van der Waals surface area contributed by atoms with Gasteiger partial charge in [-0.2, -0.15) is 0 Å². The molecule has 0 saturated carbocycles. The highest BCUT2D eigenvalue weighted by Crippen LogP contribution is 2.04. The summed E-state index contributed by atoms with van der Waals surface area (Å²) in [7, 11) is -3.39. The Kier molecular flexibility index (Phi) is 16.3. The predicted molar refractivity (Wildman–Crippen MR) is 129 cm³/mol. The van der Waals surface area contributed by atoms with E-state index in [1.54, 1.807) is 6.92 Å². The fourth-order valence-corrected chi connectivity index (χ4v) is 4.42. The van der Waals surface area contributed by atoms with Crippen LogP contribution in [0.3, 0.4) is 0 Å². The van der Waals surface area contributed by atoms with Crippen LogP contribution in [-0.2, 0) is 14.8 Å². The van der Waals surface area contributed by atoms with Crippen LogP contribution < -0.4 is 10.6 Å². The zero-order chi connectivity index (χ0) is 23.7. The Hall–Kier alpha value is -1.48. The highest BCUT2D eigenvalue weighted by molar-refractivity contribution is 7.89. The maximum Gasteiger partial charge on any atom is 0.221 e. The third-order valence-corrected chi connectivity index (χ3v) is 6.55. The fraction of sp³-hybridized carbons (Fsp3) is 0.696. The van der Waals surface area contributed by atoms with Gasteiger partial charge in [0.15, 0.2) is 0 Å². The van der Waals surface area contributed by atoms with Crippen LogP contribution in [0.4, 0.5) is 0 Å². The lowest BCUT2D eigenvalue weighted by atomic mass is 10.2. The average molecular weight is 458 g/mol. The molecule has 1 atom stereocenters. The molecule has 1 aromatic carbocycles. The standard InChI is InChI=1S/C15H33N3O4S.C8H10/c1-4-7-9-16-12-14(19)13-17-15(20)8-11-23(21,22)18(6-3)10-5-2;1-7-4-3-5-8(2)6-7/h14,16,19H,4-13H2,1-3H3,(H,17,20);3-6H,1-2H3. The Labute approximate surface area is 189 Å². The molecule has 0 radical (unpaired) electrons. The van der Waals surface area contributed by atoms with Crippen molar-refractivity contribution in [2.24, 2.45) is 0 Å². The number of carbonyl (C=O) groups excluding carboxylic acids is 1. The summed E-state index contributed by atoms with van der Waals surface area (Å²) < 4.78 is 25.6. The molecule has 31 heavy (non-hydrogen) atoms. The topological polar surface area (TPSA) is 98.7 Å². The fourth-order valence-electron chi connectivity index (χ4n) is 2.86. The number of sulfonamides is 1. The van der Waals surface area contributed by atoms with Crippen LogP contribution in [0.1, 0.15) is 57.6 Å². The number of unbranched alkanes of at least 4 members (excludes halogenated alkanes) is 1. The second kappa shape index (κ2) is 17.1. The first kappa shape index (κ1) is 29.5. The lowest BCUT2D eigenvalue weighted by Gasteiger charge is -2.19. The number of aliphatic hydroxyl groups excluding tert-OH is 1. The molecule has 1 unspecified atom stereocenters. The van der Waals surface area contributed by atoms with E-state index in [0.29, 0.717) is 19.6 Å². The van der Waals surface area contributed by atoms with E-state index in [0.717, 1.165) is 25.8 Å². The van der Waals surface area contributed by atoms with E-state index in [-0.39, 0.29) is 24.6 Å². The molecule has 1 rings (SSSR count). The summed E-state index contributed by atoms with van der Waals surface area (Å²) in [5.74, 6) is -0.550. The molecule has 0 fully saturated rings. The van der Waals surface area contributed by atoms with E-state index in [9.17, 15) is 18.3 Å². The molecule has 0 bridgehead atoms. The molecule has 0 aliphatic rings. The number of nitrogens with one attached hydrogen (secondary N) is 2. The van der Waals surface area contributed by atoms with Gasteiger partial charge in [0, 0.05) is 32.6 Å². The maximum absolute atomic E-state index is 12.1. The quantitative estimate of drug-likeness (QED) is 0.373. The van der Waals surface area contributed by atoms with Crippen LogP contribution in [0.15, 0.2) is 24.3 Å². The molecule has 3 N–H and O–H groups in total. The number of amides is 1. The molecule has 7 nitrogen and oxygen atoms in total. The van der Waals surface area contributed by atoms with Gasteiger partial charge in [-0.05, 0) is 33.2 Å². The van der Waals surface area contributed by atoms with Crippen molar-refractivity contribution in [3.63, 3.8) is 0 Å². The third-order valence-electron chi connectivity index (χ3n) is 4.60. The Morgan fingerprint density at radius 2 is 1.74 bits per heavy atom. The van der Waals surface area contributed by atoms with E-state index in [1.165, 1.54) is 15.4 Å². The predicted octanol–water partition coefficient (Wildman–Crippen LogP) is 2.61. The molecule has 0 spiro atoms. The first-order valence-corrected chi connectivity index (χ1v) is 12.9. The van der Waals surface area contributed by atoms with Crippen LogP contribution in [0.2, 0.25) is 0 Å². The molecule has 180 valence electrons. The SMILES string of the molecule is CCCCNCC(O)CNC(=O)CCS(=O)(=O)N(CC)CCC.Cc1cccc(C)c1. The summed E-state index contributed by atoms with van der Waals surface area (Å²) in [6.45, 7) is 12.3. The van der Waals surface area contributed by atoms with Gasteiger partial charge in [-0.3, -0.25) is 4.79 Å². The molecular weight excluding hydrogens is 414 g/mol. The zero-order valence-electron chi connectivity index (χ0n) is 20.0. The highest BCUT2D eigenvalue weighted by atomic mass is 32.2. The minimum atomic E-state index is -3.39. The number of nitrogens with zero attached hydrogens (tertiary/aromatic N) is 1. The van der Waals surface area contributed by atoms with Gasteiger partial charge in [0.25, 0.3) is 0 Å². The van der Waals surface area contributed by atoms with Crippen molar-refractivity contribution in [1.29, 1.82) is 0 Å². The van der Waals surface area contributed by atoms with Crippen LogP contribution in [-0.4, -0.2) is 68.3 Å². The van der Waals surface area contributed by atoms with Crippen molar-refractivity contribution in [1.82, 2.24) is 14.9 Å². The van der Waals surface area contributed by atoms with Crippen LogP contribution in [0.25, 0.3) is 0 Å². The second-order valence-corrected chi connectivity index (χ2v) is 9.82. The van der Waals surface area contributed by atoms with Crippen molar-refractivity contribution in [2.75, 3.05) is 38.5 Å². The van der Waals surface area contributed by atoms with E-state index in [2.05, 4.69) is 55.7 Å². The number of rotatable bonds is 14. The Morgan fingerprint density at radius 3 is 2.23 bits per heavy atom. The molecular formula is C23H43N3O4S. The molecule has 0 saturated heterocycles. The monoisotopic (exact) mass is 457 g/mol. The Bertz CT molecular complexity index is 693. The number of hydrogen-bond donors (Lipinski definition) is 3. The van der Waals surface area contributed by atoms with E-state index < -0.39 is 16.1 Å². The molecule has 1 aromatic rings. The first-order chi connectivity index (χ1) is 14.7. The number of hydrogen-bond acceptors (Lipinski definition) is 5. The minimum absolute atomic E-state index is 0.0848. The van der Waals surface area contributed by atoms with E-state index in [1.807, 2.05) is 6.92 Å². The largest absolute Gasteiger partial charge is 0.390 e. The Balaban J connectivity index is 0.000000929. The van der Waals surface area contributed by atoms with E-state index >= 15 is 0 Å². The Morgan fingerprint density at radius 1 is 1.10 bits per heavy atom. The van der Waals surface area contributed by atoms with Gasteiger partial charge in [0.05, 0.1) is 11.9 Å². The first-order valence-electron chi connectivity index (χ1n) is 11.3. The number of carbonyl (C=O) groups is 1. The molecule has 0 aliphatic carbocycles. The van der Waals surface area contributed by atoms with Crippen molar-refractivity contribution < 1.29 is 18.3 Å². The normalized spacial score (nSPS) is 12.2. The van der Waals surface area contributed by atoms with Gasteiger partial charge in [-0.25, -0.2) is 12.7 Å². The van der Waals surface area contributed by atoms with Crippen molar-refractivity contribution in [2.45, 2.75) is 66.4 Å². The minimum Gasteiger partial charge on any atom is -0.390 e. The zero-order valence-corrected chi connectivity index (χ0v) is 20.8. The molecule has 1 amide bonds. The molecule has 0 aromatic heterocycles. The maximum atomic E-state index is 12.1. The van der Waals surface area contributed by atoms with Gasteiger partial charge in [-0.15, -0.1) is 0 Å². The highest BCUT2D eigenvalue weighted by Gasteiger charge is 2.20. The smallest absolute Gasteiger partial charge is 0.221 e. The lowest BCUT2D eigenvalue weighted by molar-refractivity contribution is -0.121. The third kappa shape index (κ3) is 15.0. The lowest BCUT2D eigenvalue weighted by Crippen LogP contribution is -2.40. The summed E-state index contributed by atoms with van der Waals surface area (Å²) in [6.07, 6.45) is 2.12. The van der Waals surface area contributed by atoms with Crippen LogP contribution in [0, 0.1) is 13.8 Å². The van der Waals surface area contributed by atoms with Crippen LogP contribution in [0.5, 0.6) is 0 Å². The summed E-state index contributed by atoms with van der Waals surface area (Å²) in [5.41, 5.74) is 2.68. The van der Waals surface area contributed by atoms with Crippen LogP contribution >= 0.6 is 0 Å². The van der Waals surface area contributed by atoms with Crippen molar-refractivity contribution in [3.05, 3.63) is 35.4 Å². The molecule has 8 heteroatoms. The van der Waals surface area contributed by atoms with Gasteiger partial charge in [0.1, 0.15) is 0 Å². The number of benzene rings is 1. The summed E-state index contributed by atoms with van der Waals surface area (Å²) in [6, 6.07) is 8.45. The summed E-state index contributed by atoms with van der Waals surface area (Å²) in [4.78, 5) is 11.7. The van der Waals surface area contributed by atoms with Crippen molar-refractivity contribution in [3.8, 4) is 0 Å². The van der Waals surface area contributed by atoms with Gasteiger partial charge < -0.3 is 15.7 Å². The van der Waals surface area contributed by atoms with E-state index in [4.69, 9.17) is 0 Å². The molecule has 0 heterocycles. The van der Waals surface area contributed by atoms with Gasteiger partial charge in [-0.1, -0.05) is 62.6 Å². The number of aryl methyl sites for hydroxylation is 2. The van der Waals surface area contributed by atoms with Crippen molar-refractivity contribution >= 4 is 15.9 Å².